The average Bonchev–Trinajstić information content (AvgIpc) is 1.62. The van der Waals surface area contributed by atoms with Gasteiger partial charge in [-0.05, 0) is 6.42 Å². The van der Waals surface area contributed by atoms with Crippen LogP contribution in [0.2, 0.25) is 0 Å². The first-order chi connectivity index (χ1) is 4.50. The van der Waals surface area contributed by atoms with Crippen LogP contribution >= 0.6 is 0 Å². The van der Waals surface area contributed by atoms with Crippen molar-refractivity contribution in [2.45, 2.75) is 25.9 Å². The molecule has 0 saturated carbocycles. The van der Waals surface area contributed by atoms with E-state index < -0.39 is 0 Å². The molecule has 0 unspecified atom stereocenters. The lowest BCUT2D eigenvalue weighted by Crippen LogP contribution is -3.02. The maximum atomic E-state index is 5.18. The van der Waals surface area contributed by atoms with E-state index in [2.05, 4.69) is 28.1 Å². The first-order valence-electron chi connectivity index (χ1n) is 3.78. The number of hydrogen-bond acceptors (Lipinski definition) is 2. The van der Waals surface area contributed by atoms with Gasteiger partial charge in [-0.1, -0.05) is 13.3 Å². The Bertz CT molecular complexity index is 54.9. The van der Waals surface area contributed by atoms with Crippen LogP contribution in [0.4, 0.5) is 0 Å². The summed E-state index contributed by atoms with van der Waals surface area (Å²) in [5.74, 6) is 0. The van der Waals surface area contributed by atoms with E-state index in [4.69, 9.17) is 11.5 Å². The third kappa shape index (κ3) is 64.1. The van der Waals surface area contributed by atoms with E-state index in [1.165, 1.54) is 4.90 Å². The SMILES string of the molecule is CCCC(N)N.C[NH+](C)C.[Br-]. The molecule has 4 heteroatoms. The number of rotatable bonds is 2. The van der Waals surface area contributed by atoms with E-state index in [-0.39, 0.29) is 23.1 Å². The van der Waals surface area contributed by atoms with E-state index in [1.54, 1.807) is 0 Å². The van der Waals surface area contributed by atoms with Crippen LogP contribution in [0.3, 0.4) is 0 Å². The molecular weight excluding hydrogens is 206 g/mol. The van der Waals surface area contributed by atoms with Gasteiger partial charge in [0.05, 0.1) is 27.3 Å². The van der Waals surface area contributed by atoms with Crippen molar-refractivity contribution in [2.75, 3.05) is 21.1 Å². The second-order valence-corrected chi connectivity index (χ2v) is 2.95. The monoisotopic (exact) mass is 227 g/mol. The Labute approximate surface area is 80.9 Å². The number of quaternary nitrogens is 1. The molecular formula is C7H22BrN3. The van der Waals surface area contributed by atoms with Gasteiger partial charge in [0, 0.05) is 0 Å². The molecule has 0 aromatic rings. The van der Waals surface area contributed by atoms with Gasteiger partial charge in [0.1, 0.15) is 0 Å². The topological polar surface area (TPSA) is 56.5 Å². The van der Waals surface area contributed by atoms with Crippen molar-refractivity contribution in [2.24, 2.45) is 11.5 Å². The second kappa shape index (κ2) is 13.0. The van der Waals surface area contributed by atoms with Crippen LogP contribution in [0.25, 0.3) is 0 Å². The molecule has 5 N–H and O–H groups in total. The molecule has 72 valence electrons. The van der Waals surface area contributed by atoms with Gasteiger partial charge in [-0.25, -0.2) is 0 Å². The van der Waals surface area contributed by atoms with E-state index in [1.807, 2.05) is 0 Å². The molecule has 0 saturated heterocycles. The van der Waals surface area contributed by atoms with Gasteiger partial charge >= 0.3 is 0 Å². The first kappa shape index (κ1) is 17.4. The van der Waals surface area contributed by atoms with Gasteiger partial charge in [0.2, 0.25) is 0 Å². The second-order valence-electron chi connectivity index (χ2n) is 2.95. The fraction of sp³-hybridized carbons (Fsp3) is 1.00. The quantitative estimate of drug-likeness (QED) is 0.420. The lowest BCUT2D eigenvalue weighted by molar-refractivity contribution is -0.836. The average molecular weight is 228 g/mol. The number of halogens is 1. The molecule has 0 atom stereocenters. The molecule has 0 heterocycles. The minimum atomic E-state index is -0.102. The lowest BCUT2D eigenvalue weighted by Gasteiger charge is -1.97. The summed E-state index contributed by atoms with van der Waals surface area (Å²) in [6.45, 7) is 2.06. The lowest BCUT2D eigenvalue weighted by atomic mass is 10.3. The highest BCUT2D eigenvalue weighted by Gasteiger charge is 1.85. The predicted octanol–water partition coefficient (Wildman–Crippen LogP) is -4.21. The first-order valence-corrected chi connectivity index (χ1v) is 3.78. The zero-order valence-electron chi connectivity index (χ0n) is 8.02. The molecule has 0 spiro atoms. The van der Waals surface area contributed by atoms with E-state index in [0.29, 0.717) is 0 Å². The maximum absolute atomic E-state index is 5.18. The maximum Gasteiger partial charge on any atom is 0.0661 e. The Hall–Kier alpha value is 0.360. The number of nitrogens with one attached hydrogen (secondary N) is 1. The van der Waals surface area contributed by atoms with Gasteiger partial charge in [-0.15, -0.1) is 0 Å². The molecule has 11 heavy (non-hydrogen) atoms. The van der Waals surface area contributed by atoms with Crippen molar-refractivity contribution in [3.8, 4) is 0 Å². The van der Waals surface area contributed by atoms with E-state index in [0.717, 1.165) is 12.8 Å². The van der Waals surface area contributed by atoms with Crippen LogP contribution in [0, 0.1) is 0 Å². The predicted molar refractivity (Wildman–Crippen MR) is 45.8 cm³/mol. The molecule has 0 fully saturated rings. The van der Waals surface area contributed by atoms with Crippen molar-refractivity contribution >= 4 is 0 Å². The highest BCUT2D eigenvalue weighted by atomic mass is 79.9. The van der Waals surface area contributed by atoms with Crippen LogP contribution in [0.5, 0.6) is 0 Å². The Morgan fingerprint density at radius 1 is 1.18 bits per heavy atom. The van der Waals surface area contributed by atoms with Crippen LogP contribution in [-0.2, 0) is 0 Å². The summed E-state index contributed by atoms with van der Waals surface area (Å²) in [7, 11) is 6.25. The zero-order chi connectivity index (χ0) is 8.57. The normalized spacial score (nSPS) is 8.73. The van der Waals surface area contributed by atoms with Crippen molar-refractivity contribution < 1.29 is 21.9 Å². The van der Waals surface area contributed by atoms with Gasteiger partial charge in [0.15, 0.2) is 0 Å². The highest BCUT2D eigenvalue weighted by molar-refractivity contribution is 4.45. The van der Waals surface area contributed by atoms with E-state index >= 15 is 0 Å². The Balaban J connectivity index is -0.000000114. The molecule has 0 amide bonds. The van der Waals surface area contributed by atoms with Gasteiger partial charge < -0.3 is 33.3 Å². The Kier molecular flexibility index (Phi) is 20.6. The minimum Gasteiger partial charge on any atom is -1.00 e. The third-order valence-electron chi connectivity index (χ3n) is 0.622. The number of hydrogen-bond donors (Lipinski definition) is 3. The van der Waals surface area contributed by atoms with Gasteiger partial charge in [-0.2, -0.15) is 0 Å². The smallest absolute Gasteiger partial charge is 0.0661 e. The molecule has 3 nitrogen and oxygen atoms in total. The fourth-order valence-corrected chi connectivity index (χ4v) is 0.333. The summed E-state index contributed by atoms with van der Waals surface area (Å²) >= 11 is 0. The standard InChI is InChI=1S/C4H12N2.C3H9N.BrH/c1-2-3-4(5)6;1-4(2)3;/h4H,2-3,5-6H2,1H3;1-3H3;1H. The Morgan fingerprint density at radius 2 is 1.45 bits per heavy atom. The number of nitrogens with two attached hydrogens (primary N) is 2. The van der Waals surface area contributed by atoms with Crippen LogP contribution in [-0.4, -0.2) is 27.3 Å². The molecule has 0 radical (unpaired) electrons. The fourth-order valence-electron chi connectivity index (χ4n) is 0.333. The van der Waals surface area contributed by atoms with E-state index in [9.17, 15) is 0 Å². The zero-order valence-corrected chi connectivity index (χ0v) is 9.61. The Morgan fingerprint density at radius 3 is 1.45 bits per heavy atom. The highest BCUT2D eigenvalue weighted by Crippen LogP contribution is 1.82. The summed E-state index contributed by atoms with van der Waals surface area (Å²) in [6, 6.07) is 0. The molecule has 0 aromatic carbocycles. The molecule has 0 aromatic heterocycles. The molecule has 0 bridgehead atoms. The summed E-state index contributed by atoms with van der Waals surface area (Å²) < 4.78 is 0. The summed E-state index contributed by atoms with van der Waals surface area (Å²) in [5, 5.41) is 0. The molecule has 0 aliphatic carbocycles. The van der Waals surface area contributed by atoms with Gasteiger partial charge in [0.25, 0.3) is 0 Å². The molecule has 0 rings (SSSR count). The summed E-state index contributed by atoms with van der Waals surface area (Å²) in [4.78, 5) is 1.42. The third-order valence-corrected chi connectivity index (χ3v) is 0.622. The van der Waals surface area contributed by atoms with Crippen LogP contribution < -0.4 is 33.3 Å². The summed E-state index contributed by atoms with van der Waals surface area (Å²) in [5.41, 5.74) is 10.4. The van der Waals surface area contributed by atoms with Crippen molar-refractivity contribution in [3.05, 3.63) is 0 Å². The largest absolute Gasteiger partial charge is 1.00 e. The van der Waals surface area contributed by atoms with Crippen LogP contribution in [0.15, 0.2) is 0 Å². The van der Waals surface area contributed by atoms with Crippen molar-refractivity contribution in [3.63, 3.8) is 0 Å². The van der Waals surface area contributed by atoms with Crippen LogP contribution in [0.1, 0.15) is 19.8 Å². The van der Waals surface area contributed by atoms with Gasteiger partial charge in [-0.3, -0.25) is 0 Å². The molecule has 0 aliphatic rings. The van der Waals surface area contributed by atoms with Crippen molar-refractivity contribution in [1.29, 1.82) is 0 Å². The van der Waals surface area contributed by atoms with Crippen molar-refractivity contribution in [1.82, 2.24) is 0 Å². The molecule has 0 aliphatic heterocycles. The summed E-state index contributed by atoms with van der Waals surface area (Å²) in [6.07, 6.45) is 1.91. The minimum absolute atomic E-state index is 0.